The maximum Gasteiger partial charge on any atom is 0.224 e. The summed E-state index contributed by atoms with van der Waals surface area (Å²) >= 11 is 0. The van der Waals surface area contributed by atoms with Crippen LogP contribution in [-0.2, 0) is 4.79 Å². The van der Waals surface area contributed by atoms with Crippen LogP contribution in [0.1, 0.15) is 31.7 Å². The van der Waals surface area contributed by atoms with E-state index in [-0.39, 0.29) is 5.91 Å². The molecular weight excluding hydrogens is 266 g/mol. The van der Waals surface area contributed by atoms with E-state index in [1.54, 1.807) is 24.3 Å². The molecule has 5 heteroatoms. The van der Waals surface area contributed by atoms with Crippen LogP contribution >= 0.6 is 0 Å². The van der Waals surface area contributed by atoms with E-state index >= 15 is 0 Å². The summed E-state index contributed by atoms with van der Waals surface area (Å²) in [6.45, 7) is 4.26. The molecule has 1 heterocycles. The van der Waals surface area contributed by atoms with Gasteiger partial charge in [0.05, 0.1) is 17.2 Å². The Balaban J connectivity index is 1.69. The van der Waals surface area contributed by atoms with Gasteiger partial charge in [0.2, 0.25) is 5.91 Å². The first-order valence-corrected chi connectivity index (χ1v) is 7.23. The van der Waals surface area contributed by atoms with Crippen LogP contribution in [0.2, 0.25) is 0 Å². The summed E-state index contributed by atoms with van der Waals surface area (Å²) in [5, 5.41) is 21.4. The Bertz CT molecular complexity index is 531. The molecular formula is C16H21N3O2. The molecule has 0 spiro atoms. The Hall–Kier alpha value is -1.90. The van der Waals surface area contributed by atoms with Gasteiger partial charge >= 0.3 is 0 Å². The Morgan fingerprint density at radius 2 is 2.19 bits per heavy atom. The van der Waals surface area contributed by atoms with Gasteiger partial charge in [0, 0.05) is 25.2 Å². The number of likely N-dealkylation sites (tertiary alicyclic amines) is 1. The lowest BCUT2D eigenvalue weighted by Crippen LogP contribution is -2.30. The average molecular weight is 287 g/mol. The Morgan fingerprint density at radius 3 is 2.76 bits per heavy atom. The Labute approximate surface area is 125 Å². The number of benzene rings is 1. The van der Waals surface area contributed by atoms with Crippen LogP contribution in [0, 0.1) is 11.3 Å². The second-order valence-corrected chi connectivity index (χ2v) is 5.86. The molecule has 1 fully saturated rings. The number of nitrogens with zero attached hydrogens (tertiary/aromatic N) is 2. The quantitative estimate of drug-likeness (QED) is 0.864. The fraction of sp³-hybridized carbons (Fsp3) is 0.500. The maximum atomic E-state index is 11.8. The van der Waals surface area contributed by atoms with Crippen LogP contribution in [0.3, 0.4) is 0 Å². The molecule has 0 aliphatic carbocycles. The monoisotopic (exact) mass is 287 g/mol. The highest BCUT2D eigenvalue weighted by atomic mass is 16.3. The molecule has 1 saturated heterocycles. The molecule has 2 N–H and O–H groups in total. The lowest BCUT2D eigenvalue weighted by atomic mass is 10.1. The topological polar surface area (TPSA) is 76.4 Å². The van der Waals surface area contributed by atoms with Crippen molar-refractivity contribution in [3.05, 3.63) is 29.8 Å². The van der Waals surface area contributed by atoms with Crippen LogP contribution in [0.15, 0.2) is 24.3 Å². The van der Waals surface area contributed by atoms with Crippen molar-refractivity contribution in [2.45, 2.75) is 31.8 Å². The smallest absolute Gasteiger partial charge is 0.224 e. The van der Waals surface area contributed by atoms with Crippen molar-refractivity contribution in [2.75, 3.05) is 25.0 Å². The molecule has 0 saturated carbocycles. The number of nitriles is 1. The van der Waals surface area contributed by atoms with E-state index in [4.69, 9.17) is 5.26 Å². The molecule has 1 aliphatic heterocycles. The van der Waals surface area contributed by atoms with Crippen molar-refractivity contribution >= 4 is 11.6 Å². The van der Waals surface area contributed by atoms with E-state index < -0.39 is 5.60 Å². The van der Waals surface area contributed by atoms with Crippen molar-refractivity contribution in [2.24, 2.45) is 0 Å². The minimum Gasteiger partial charge on any atom is -0.389 e. The fourth-order valence-electron chi connectivity index (χ4n) is 2.54. The number of β-amino-alcohol motifs (C(OH)–C–C–N with tert-alkyl or cyclic N) is 1. The van der Waals surface area contributed by atoms with Crippen LogP contribution < -0.4 is 5.32 Å². The van der Waals surface area contributed by atoms with Gasteiger partial charge in [-0.25, -0.2) is 0 Å². The van der Waals surface area contributed by atoms with Crippen molar-refractivity contribution in [3.8, 4) is 6.07 Å². The number of hydrogen-bond acceptors (Lipinski definition) is 4. The van der Waals surface area contributed by atoms with Gasteiger partial charge in [0.1, 0.15) is 0 Å². The Kier molecular flexibility index (Phi) is 4.94. The van der Waals surface area contributed by atoms with Gasteiger partial charge < -0.3 is 15.3 Å². The molecule has 0 radical (unpaired) electrons. The van der Waals surface area contributed by atoms with Gasteiger partial charge in [-0.05, 0) is 50.6 Å². The Morgan fingerprint density at radius 1 is 1.48 bits per heavy atom. The van der Waals surface area contributed by atoms with Crippen molar-refractivity contribution in [1.82, 2.24) is 4.90 Å². The zero-order valence-electron chi connectivity index (χ0n) is 12.3. The van der Waals surface area contributed by atoms with Gasteiger partial charge in [0.25, 0.3) is 0 Å². The third-order valence-electron chi connectivity index (χ3n) is 3.71. The largest absolute Gasteiger partial charge is 0.389 e. The average Bonchev–Trinajstić information content (AvgIpc) is 2.79. The highest BCUT2D eigenvalue weighted by Gasteiger charge is 2.30. The lowest BCUT2D eigenvalue weighted by molar-refractivity contribution is -0.116. The van der Waals surface area contributed by atoms with Crippen LogP contribution in [-0.4, -0.2) is 41.1 Å². The summed E-state index contributed by atoms with van der Waals surface area (Å²) in [5.41, 5.74) is 0.710. The number of carbonyl (C=O) groups excluding carboxylic acids is 1. The lowest BCUT2D eigenvalue weighted by Gasteiger charge is -2.18. The molecule has 1 amide bonds. The number of amides is 1. The molecule has 1 atom stereocenters. The number of aliphatic hydroxyl groups is 1. The minimum absolute atomic E-state index is 0.0225. The summed E-state index contributed by atoms with van der Waals surface area (Å²) in [4.78, 5) is 14.0. The van der Waals surface area contributed by atoms with Crippen LogP contribution in [0.25, 0.3) is 0 Å². The van der Waals surface area contributed by atoms with E-state index in [0.717, 1.165) is 25.9 Å². The van der Waals surface area contributed by atoms with E-state index in [0.29, 0.717) is 24.2 Å². The third-order valence-corrected chi connectivity index (χ3v) is 3.71. The molecule has 0 bridgehead atoms. The van der Waals surface area contributed by atoms with Gasteiger partial charge in [-0.2, -0.15) is 5.26 Å². The summed E-state index contributed by atoms with van der Waals surface area (Å²) in [6.07, 6.45) is 2.03. The van der Waals surface area contributed by atoms with Crippen molar-refractivity contribution in [3.63, 3.8) is 0 Å². The zero-order valence-corrected chi connectivity index (χ0v) is 12.3. The number of carbonyl (C=O) groups is 1. The normalized spacial score (nSPS) is 22.0. The van der Waals surface area contributed by atoms with Crippen molar-refractivity contribution < 1.29 is 9.90 Å². The minimum atomic E-state index is -0.579. The predicted molar refractivity (Wildman–Crippen MR) is 80.7 cm³/mol. The first-order valence-electron chi connectivity index (χ1n) is 7.23. The highest BCUT2D eigenvalue weighted by molar-refractivity contribution is 5.90. The molecule has 1 aromatic carbocycles. The molecule has 2 rings (SSSR count). The van der Waals surface area contributed by atoms with Crippen molar-refractivity contribution in [1.29, 1.82) is 5.26 Å². The van der Waals surface area contributed by atoms with Crippen LogP contribution in [0.5, 0.6) is 0 Å². The van der Waals surface area contributed by atoms with E-state index in [9.17, 15) is 9.90 Å². The summed E-state index contributed by atoms with van der Waals surface area (Å²) in [5.74, 6) is -0.0225. The summed E-state index contributed by atoms with van der Waals surface area (Å²) < 4.78 is 0. The number of nitrogens with one attached hydrogen (secondary N) is 1. The highest BCUT2D eigenvalue weighted by Crippen LogP contribution is 2.20. The molecule has 112 valence electrons. The maximum absolute atomic E-state index is 11.8. The molecule has 1 aromatic rings. The standard InChI is InChI=1S/C16H21N3O2/c1-16(21)8-10-19(12-16)9-2-3-15(20)18-14-6-4-13(11-17)5-7-14/h4-7,21H,2-3,8-10,12H2,1H3,(H,18,20). The number of anilines is 1. The van der Waals surface area contributed by atoms with Gasteiger partial charge in [-0.15, -0.1) is 0 Å². The van der Waals surface area contributed by atoms with Gasteiger partial charge in [-0.1, -0.05) is 0 Å². The molecule has 1 unspecified atom stereocenters. The molecule has 21 heavy (non-hydrogen) atoms. The second kappa shape index (κ2) is 6.70. The fourth-order valence-corrected chi connectivity index (χ4v) is 2.54. The molecule has 5 nitrogen and oxygen atoms in total. The van der Waals surface area contributed by atoms with E-state index in [1.807, 2.05) is 13.0 Å². The van der Waals surface area contributed by atoms with Gasteiger partial charge in [0.15, 0.2) is 0 Å². The molecule has 1 aliphatic rings. The second-order valence-electron chi connectivity index (χ2n) is 5.86. The zero-order chi connectivity index (χ0) is 15.3. The number of rotatable bonds is 5. The van der Waals surface area contributed by atoms with E-state index in [2.05, 4.69) is 10.2 Å². The van der Waals surface area contributed by atoms with Gasteiger partial charge in [-0.3, -0.25) is 4.79 Å². The first kappa shape index (κ1) is 15.5. The number of hydrogen-bond donors (Lipinski definition) is 2. The van der Waals surface area contributed by atoms with Crippen LogP contribution in [0.4, 0.5) is 5.69 Å². The predicted octanol–water partition coefficient (Wildman–Crippen LogP) is 1.73. The summed E-state index contributed by atoms with van der Waals surface area (Å²) in [6, 6.07) is 8.87. The third kappa shape index (κ3) is 4.85. The van der Waals surface area contributed by atoms with E-state index in [1.165, 1.54) is 0 Å². The molecule has 0 aromatic heterocycles. The first-order chi connectivity index (χ1) is 9.98. The SMILES string of the molecule is CC1(O)CCN(CCCC(=O)Nc2ccc(C#N)cc2)C1. The summed E-state index contributed by atoms with van der Waals surface area (Å²) in [7, 11) is 0.